The molecule has 0 amide bonds. The van der Waals surface area contributed by atoms with E-state index in [9.17, 15) is 13.2 Å². The fourth-order valence-electron chi connectivity index (χ4n) is 2.19. The van der Waals surface area contributed by atoms with Crippen LogP contribution in [0.5, 0.6) is 0 Å². The number of rotatable bonds is 4. The second kappa shape index (κ2) is 6.87. The number of halogens is 4. The second-order valence-corrected chi connectivity index (χ2v) is 4.88. The number of benzene rings is 1. The lowest BCUT2D eigenvalue weighted by atomic mass is 10.2. The predicted octanol–water partition coefficient (Wildman–Crippen LogP) is 3.92. The topological polar surface area (TPSA) is 35.6 Å². The monoisotopic (exact) mass is 342 g/mol. The van der Waals surface area contributed by atoms with Crippen molar-refractivity contribution in [3.8, 4) is 5.69 Å². The maximum Gasteiger partial charge on any atom is 0.266 e. The highest BCUT2D eigenvalue weighted by Gasteiger charge is 2.14. The van der Waals surface area contributed by atoms with Crippen molar-refractivity contribution in [3.63, 3.8) is 0 Å². The van der Waals surface area contributed by atoms with E-state index in [1.807, 2.05) is 17.7 Å². The molecule has 0 unspecified atom stereocenters. The Morgan fingerprint density at radius 3 is 2.65 bits per heavy atom. The smallest absolute Gasteiger partial charge is 0.266 e. The van der Waals surface area contributed by atoms with Crippen LogP contribution < -0.4 is 0 Å². The molecule has 4 nitrogen and oxygen atoms in total. The first-order valence-corrected chi connectivity index (χ1v) is 6.63. The SMILES string of the molecule is Cc1nccn1Cc1cn(-c2ccc(F)c(C(F)F)c2)cn1.Cl. The highest BCUT2D eigenvalue weighted by atomic mass is 35.5. The third-order valence-electron chi connectivity index (χ3n) is 3.40. The van der Waals surface area contributed by atoms with Crippen LogP contribution in [0.3, 0.4) is 0 Å². The van der Waals surface area contributed by atoms with Gasteiger partial charge in [0.25, 0.3) is 6.43 Å². The highest BCUT2D eigenvalue weighted by molar-refractivity contribution is 5.85. The molecule has 0 N–H and O–H groups in total. The van der Waals surface area contributed by atoms with Crippen molar-refractivity contribution in [2.75, 3.05) is 0 Å². The van der Waals surface area contributed by atoms with E-state index in [4.69, 9.17) is 0 Å². The number of hydrogen-bond donors (Lipinski definition) is 0. The molecule has 3 aromatic rings. The average Bonchev–Trinajstić information content (AvgIpc) is 3.10. The van der Waals surface area contributed by atoms with E-state index in [1.165, 1.54) is 12.4 Å². The fourth-order valence-corrected chi connectivity index (χ4v) is 2.19. The zero-order valence-corrected chi connectivity index (χ0v) is 13.0. The van der Waals surface area contributed by atoms with Crippen LogP contribution in [0, 0.1) is 12.7 Å². The quantitative estimate of drug-likeness (QED) is 0.720. The van der Waals surface area contributed by atoms with Crippen molar-refractivity contribution in [2.24, 2.45) is 0 Å². The van der Waals surface area contributed by atoms with Crippen LogP contribution in [0.15, 0.2) is 43.1 Å². The Labute approximate surface area is 137 Å². The third kappa shape index (κ3) is 3.56. The van der Waals surface area contributed by atoms with Crippen LogP contribution in [0.25, 0.3) is 5.69 Å². The van der Waals surface area contributed by atoms with E-state index in [-0.39, 0.29) is 12.4 Å². The summed E-state index contributed by atoms with van der Waals surface area (Å²) in [6.07, 6.45) is 3.92. The Kier molecular flexibility index (Phi) is 5.10. The fraction of sp³-hybridized carbons (Fsp3) is 0.200. The van der Waals surface area contributed by atoms with Gasteiger partial charge >= 0.3 is 0 Å². The molecule has 122 valence electrons. The van der Waals surface area contributed by atoms with Crippen LogP contribution in [-0.4, -0.2) is 19.1 Å². The molecule has 0 bridgehead atoms. The van der Waals surface area contributed by atoms with E-state index < -0.39 is 17.8 Å². The van der Waals surface area contributed by atoms with Crippen molar-refractivity contribution in [1.29, 1.82) is 0 Å². The molecular formula is C15H14ClF3N4. The van der Waals surface area contributed by atoms with Gasteiger partial charge in [0.1, 0.15) is 11.6 Å². The van der Waals surface area contributed by atoms with E-state index in [1.54, 1.807) is 17.0 Å². The summed E-state index contributed by atoms with van der Waals surface area (Å²) in [6, 6.07) is 3.61. The number of nitrogens with zero attached hydrogens (tertiary/aromatic N) is 4. The molecule has 8 heteroatoms. The molecule has 2 aromatic heterocycles. The lowest BCUT2D eigenvalue weighted by Crippen LogP contribution is -2.01. The number of hydrogen-bond acceptors (Lipinski definition) is 2. The molecule has 1 aromatic carbocycles. The van der Waals surface area contributed by atoms with Gasteiger partial charge in [-0.3, -0.25) is 0 Å². The van der Waals surface area contributed by atoms with Gasteiger partial charge in [0, 0.05) is 24.3 Å². The molecule has 0 aliphatic rings. The van der Waals surface area contributed by atoms with E-state index in [0.29, 0.717) is 12.2 Å². The van der Waals surface area contributed by atoms with Gasteiger partial charge in [0.05, 0.1) is 24.1 Å². The molecule has 0 saturated heterocycles. The summed E-state index contributed by atoms with van der Waals surface area (Å²) in [5.41, 5.74) is 0.583. The molecule has 0 aliphatic heterocycles. The van der Waals surface area contributed by atoms with Crippen molar-refractivity contribution < 1.29 is 13.2 Å². The van der Waals surface area contributed by atoms with Gasteiger partial charge in [-0.1, -0.05) is 0 Å². The summed E-state index contributed by atoms with van der Waals surface area (Å²) < 4.78 is 42.3. The molecule has 3 rings (SSSR count). The minimum Gasteiger partial charge on any atom is -0.329 e. The number of aryl methyl sites for hydroxylation is 1. The van der Waals surface area contributed by atoms with E-state index in [0.717, 1.165) is 23.7 Å². The lowest BCUT2D eigenvalue weighted by molar-refractivity contribution is 0.146. The summed E-state index contributed by atoms with van der Waals surface area (Å²) in [6.45, 7) is 2.41. The van der Waals surface area contributed by atoms with Gasteiger partial charge in [-0.25, -0.2) is 23.1 Å². The minimum absolute atomic E-state index is 0. The summed E-state index contributed by atoms with van der Waals surface area (Å²) in [4.78, 5) is 8.36. The van der Waals surface area contributed by atoms with Crippen LogP contribution in [-0.2, 0) is 6.54 Å². The van der Waals surface area contributed by atoms with Gasteiger partial charge in [-0.05, 0) is 25.1 Å². The molecule has 0 radical (unpaired) electrons. The molecule has 0 aliphatic carbocycles. The maximum atomic E-state index is 13.3. The van der Waals surface area contributed by atoms with Crippen LogP contribution in [0.1, 0.15) is 23.5 Å². The Hall–Kier alpha value is -2.28. The first kappa shape index (κ1) is 17.1. The highest BCUT2D eigenvalue weighted by Crippen LogP contribution is 2.24. The van der Waals surface area contributed by atoms with Crippen molar-refractivity contribution in [3.05, 3.63) is 66.0 Å². The largest absolute Gasteiger partial charge is 0.329 e. The zero-order valence-electron chi connectivity index (χ0n) is 12.2. The van der Waals surface area contributed by atoms with Crippen molar-refractivity contribution >= 4 is 12.4 Å². The molecular weight excluding hydrogens is 329 g/mol. The Balaban J connectivity index is 0.00000192. The normalized spacial score (nSPS) is 10.8. The Bertz CT molecular complexity index is 798. The van der Waals surface area contributed by atoms with Crippen molar-refractivity contribution in [1.82, 2.24) is 19.1 Å². The zero-order chi connectivity index (χ0) is 15.7. The number of imidazole rings is 2. The van der Waals surface area contributed by atoms with Crippen LogP contribution >= 0.6 is 12.4 Å². The van der Waals surface area contributed by atoms with Crippen molar-refractivity contribution in [2.45, 2.75) is 19.9 Å². The van der Waals surface area contributed by atoms with Gasteiger partial charge in [0.15, 0.2) is 0 Å². The number of alkyl halides is 2. The van der Waals surface area contributed by atoms with Gasteiger partial charge < -0.3 is 9.13 Å². The Morgan fingerprint density at radius 1 is 1.22 bits per heavy atom. The van der Waals surface area contributed by atoms with E-state index >= 15 is 0 Å². The first-order chi connectivity index (χ1) is 10.5. The van der Waals surface area contributed by atoms with Gasteiger partial charge in [0.2, 0.25) is 0 Å². The first-order valence-electron chi connectivity index (χ1n) is 6.63. The van der Waals surface area contributed by atoms with Crippen LogP contribution in [0.4, 0.5) is 13.2 Å². The summed E-state index contributed by atoms with van der Waals surface area (Å²) in [5.74, 6) is -0.0514. The predicted molar refractivity (Wildman–Crippen MR) is 81.8 cm³/mol. The summed E-state index contributed by atoms with van der Waals surface area (Å²) in [5, 5.41) is 0. The number of aromatic nitrogens is 4. The average molecular weight is 343 g/mol. The Morgan fingerprint density at radius 2 is 2.00 bits per heavy atom. The van der Waals surface area contributed by atoms with Gasteiger partial charge in [-0.15, -0.1) is 12.4 Å². The molecule has 23 heavy (non-hydrogen) atoms. The summed E-state index contributed by atoms with van der Waals surface area (Å²) in [7, 11) is 0. The van der Waals surface area contributed by atoms with Gasteiger partial charge in [-0.2, -0.15) is 0 Å². The summed E-state index contributed by atoms with van der Waals surface area (Å²) >= 11 is 0. The molecule has 0 atom stereocenters. The van der Waals surface area contributed by atoms with E-state index in [2.05, 4.69) is 9.97 Å². The second-order valence-electron chi connectivity index (χ2n) is 4.88. The lowest BCUT2D eigenvalue weighted by Gasteiger charge is -2.06. The maximum absolute atomic E-state index is 13.3. The molecule has 0 spiro atoms. The van der Waals surface area contributed by atoms with Crippen LogP contribution in [0.2, 0.25) is 0 Å². The standard InChI is InChI=1S/C15H13F3N4.ClH/c1-10-19-4-5-21(10)7-11-8-22(9-20-11)12-2-3-14(16)13(6-12)15(17)18;/h2-6,8-9,15H,7H2,1H3;1H. The molecule has 0 fully saturated rings. The molecule has 2 heterocycles. The third-order valence-corrected chi connectivity index (χ3v) is 3.40. The minimum atomic E-state index is -2.85. The molecule has 0 saturated carbocycles.